The van der Waals surface area contributed by atoms with Crippen LogP contribution in [0.2, 0.25) is 0 Å². The predicted octanol–water partition coefficient (Wildman–Crippen LogP) is 2.49. The van der Waals surface area contributed by atoms with Gasteiger partial charge in [0.2, 0.25) is 0 Å². The zero-order valence-corrected chi connectivity index (χ0v) is 17.4. The minimum atomic E-state index is -5.08. The van der Waals surface area contributed by atoms with E-state index in [0.29, 0.717) is 18.2 Å². The first-order valence-electron chi connectivity index (χ1n) is 8.28. The van der Waals surface area contributed by atoms with Gasteiger partial charge in [-0.3, -0.25) is 25.5 Å². The molecular weight excluding hydrogens is 478 g/mol. The molecule has 6 N–H and O–H groups in total. The van der Waals surface area contributed by atoms with Crippen molar-refractivity contribution < 1.29 is 41.6 Å². The number of alkyl halides is 3. The van der Waals surface area contributed by atoms with Gasteiger partial charge in [-0.25, -0.2) is 9.36 Å². The number of phosphoric ester groups is 1. The third-order valence-electron chi connectivity index (χ3n) is 3.40. The monoisotopic (exact) mass is 493 g/mol. The number of nitrogens with one attached hydrogen (secondary N) is 2. The lowest BCUT2D eigenvalue weighted by Crippen LogP contribution is -2.24. The molecule has 172 valence electrons. The van der Waals surface area contributed by atoms with Crippen LogP contribution in [0.1, 0.15) is 16.8 Å². The number of nitrogens with zero attached hydrogens (tertiary/aromatic N) is 2. The zero-order chi connectivity index (χ0) is 23.9. The van der Waals surface area contributed by atoms with Crippen molar-refractivity contribution in [3.8, 4) is 5.75 Å². The van der Waals surface area contributed by atoms with Crippen molar-refractivity contribution in [2.45, 2.75) is 12.8 Å². The van der Waals surface area contributed by atoms with E-state index in [0.717, 1.165) is 0 Å². The molecule has 1 heterocycles. The fourth-order valence-corrected chi connectivity index (χ4v) is 2.65. The fourth-order valence-electron chi connectivity index (χ4n) is 2.16. The van der Waals surface area contributed by atoms with E-state index >= 15 is 0 Å². The molecule has 11 nitrogen and oxygen atoms in total. The SMILES string of the molecule is NC(=S)N/N=C/c1ncccc1NC(=O)OCc1cc(C(F)(F)F)ccc1OP(=O)(O)O. The molecule has 0 aliphatic rings. The molecule has 32 heavy (non-hydrogen) atoms. The molecule has 1 amide bonds. The van der Waals surface area contributed by atoms with Crippen LogP contribution < -0.4 is 21.0 Å². The number of halogens is 3. The van der Waals surface area contributed by atoms with Gasteiger partial charge in [0, 0.05) is 11.8 Å². The molecule has 2 aromatic rings. The number of anilines is 1. The summed E-state index contributed by atoms with van der Waals surface area (Å²) in [5, 5.41) is 5.89. The molecule has 0 aliphatic heterocycles. The van der Waals surface area contributed by atoms with Gasteiger partial charge >= 0.3 is 20.1 Å². The molecule has 1 aromatic carbocycles. The second-order valence-corrected chi connectivity index (χ2v) is 7.38. The molecule has 0 atom stereocenters. The summed E-state index contributed by atoms with van der Waals surface area (Å²) in [5.41, 5.74) is 6.25. The van der Waals surface area contributed by atoms with E-state index in [1.54, 1.807) is 0 Å². The van der Waals surface area contributed by atoms with Crippen molar-refractivity contribution in [2.75, 3.05) is 5.32 Å². The predicted molar refractivity (Wildman–Crippen MR) is 110 cm³/mol. The van der Waals surface area contributed by atoms with Crippen molar-refractivity contribution in [2.24, 2.45) is 10.8 Å². The minimum Gasteiger partial charge on any atom is -0.444 e. The van der Waals surface area contributed by atoms with Gasteiger partial charge in [-0.1, -0.05) is 0 Å². The average Bonchev–Trinajstić information content (AvgIpc) is 2.66. The van der Waals surface area contributed by atoms with Crippen LogP contribution in [-0.4, -0.2) is 32.2 Å². The lowest BCUT2D eigenvalue weighted by molar-refractivity contribution is -0.137. The molecule has 0 saturated carbocycles. The molecule has 0 bridgehead atoms. The Hall–Kier alpha value is -3.26. The lowest BCUT2D eigenvalue weighted by Gasteiger charge is -2.15. The summed E-state index contributed by atoms with van der Waals surface area (Å²) in [4.78, 5) is 34.0. The van der Waals surface area contributed by atoms with Crippen molar-refractivity contribution in [3.63, 3.8) is 0 Å². The third-order valence-corrected chi connectivity index (χ3v) is 3.93. The summed E-state index contributed by atoms with van der Waals surface area (Å²) in [6.07, 6.45) is -3.27. The number of thiocarbonyl (C=S) groups is 1. The van der Waals surface area contributed by atoms with Crippen LogP contribution in [0.3, 0.4) is 0 Å². The smallest absolute Gasteiger partial charge is 0.444 e. The van der Waals surface area contributed by atoms with Gasteiger partial charge in [0.25, 0.3) is 0 Å². The Morgan fingerprint density at radius 2 is 2.06 bits per heavy atom. The van der Waals surface area contributed by atoms with Crippen molar-refractivity contribution in [3.05, 3.63) is 53.3 Å². The number of hydrogen-bond acceptors (Lipinski definition) is 7. The largest absolute Gasteiger partial charge is 0.524 e. The molecule has 0 radical (unpaired) electrons. The van der Waals surface area contributed by atoms with Crippen molar-refractivity contribution in [1.82, 2.24) is 10.4 Å². The first-order valence-corrected chi connectivity index (χ1v) is 10.2. The summed E-state index contributed by atoms with van der Waals surface area (Å²) >= 11 is 4.58. The van der Waals surface area contributed by atoms with Crippen LogP contribution in [-0.2, 0) is 22.1 Å². The number of nitrogens with two attached hydrogens (primary N) is 1. The Kier molecular flexibility index (Phi) is 8.10. The van der Waals surface area contributed by atoms with E-state index in [1.165, 1.54) is 24.5 Å². The summed E-state index contributed by atoms with van der Waals surface area (Å²) in [6, 6.07) is 4.73. The van der Waals surface area contributed by atoms with E-state index in [1.807, 2.05) is 0 Å². The quantitative estimate of drug-likeness (QED) is 0.167. The Bertz CT molecular complexity index is 1080. The number of hydrazone groups is 1. The summed E-state index contributed by atoms with van der Waals surface area (Å²) in [7, 11) is -5.08. The Morgan fingerprint density at radius 1 is 1.34 bits per heavy atom. The molecule has 0 spiro atoms. The maximum absolute atomic E-state index is 13.0. The summed E-state index contributed by atoms with van der Waals surface area (Å²) in [5.74, 6) is -0.586. The highest BCUT2D eigenvalue weighted by Gasteiger charge is 2.32. The number of carbonyl (C=O) groups is 1. The van der Waals surface area contributed by atoms with Gasteiger partial charge in [0.15, 0.2) is 5.11 Å². The number of benzene rings is 1. The second-order valence-electron chi connectivity index (χ2n) is 5.77. The number of phosphoric acid groups is 1. The molecule has 2 rings (SSSR count). The fraction of sp³-hybridized carbons (Fsp3) is 0.125. The van der Waals surface area contributed by atoms with Crippen LogP contribution in [0.4, 0.5) is 23.7 Å². The molecular formula is C16H15F3N5O6PS. The highest BCUT2D eigenvalue weighted by molar-refractivity contribution is 7.80. The molecule has 0 fully saturated rings. The average molecular weight is 493 g/mol. The highest BCUT2D eigenvalue weighted by atomic mass is 32.1. The van der Waals surface area contributed by atoms with E-state index in [-0.39, 0.29) is 16.5 Å². The van der Waals surface area contributed by atoms with Gasteiger partial charge in [0.1, 0.15) is 18.1 Å². The third kappa shape index (κ3) is 8.11. The van der Waals surface area contributed by atoms with Crippen LogP contribution in [0.25, 0.3) is 0 Å². The lowest BCUT2D eigenvalue weighted by atomic mass is 10.1. The van der Waals surface area contributed by atoms with Crippen molar-refractivity contribution >= 4 is 43.1 Å². The molecule has 0 aliphatic carbocycles. The van der Waals surface area contributed by atoms with Gasteiger partial charge in [-0.05, 0) is 42.5 Å². The van der Waals surface area contributed by atoms with E-state index in [2.05, 4.69) is 37.6 Å². The Labute approximate surface area is 183 Å². The number of ether oxygens (including phenoxy) is 1. The van der Waals surface area contributed by atoms with Crippen LogP contribution >= 0.6 is 20.0 Å². The topological polar surface area (TPSA) is 168 Å². The minimum absolute atomic E-state index is 0.111. The first-order chi connectivity index (χ1) is 14.8. The highest BCUT2D eigenvalue weighted by Crippen LogP contribution is 2.41. The van der Waals surface area contributed by atoms with E-state index in [4.69, 9.17) is 20.3 Å². The molecule has 16 heteroatoms. The van der Waals surface area contributed by atoms with Gasteiger partial charge in [-0.2, -0.15) is 18.3 Å². The van der Waals surface area contributed by atoms with Crippen LogP contribution in [0.15, 0.2) is 41.6 Å². The van der Waals surface area contributed by atoms with Crippen molar-refractivity contribution in [1.29, 1.82) is 0 Å². The maximum atomic E-state index is 13.0. The second kappa shape index (κ2) is 10.4. The molecule has 0 unspecified atom stereocenters. The number of rotatable bonds is 7. The number of hydrogen-bond donors (Lipinski definition) is 5. The number of amides is 1. The number of aromatic nitrogens is 1. The van der Waals surface area contributed by atoms with Crippen LogP contribution in [0, 0.1) is 0 Å². The normalized spacial score (nSPS) is 11.8. The molecule has 0 saturated heterocycles. The van der Waals surface area contributed by atoms with Gasteiger partial charge in [-0.15, -0.1) is 0 Å². The standard InChI is InChI=1S/C16H15F3N5O6PS/c17-16(18,19)10-3-4-13(30-31(26,27)28)9(6-10)8-29-15(25)23-11-2-1-5-21-12(11)7-22-24-14(20)32/h1-7H,8H2,(H,23,25)(H3,20,24,32)(H2,26,27,28)/b22-7+. The number of pyridine rings is 1. The maximum Gasteiger partial charge on any atom is 0.524 e. The van der Waals surface area contributed by atoms with E-state index in [9.17, 15) is 22.5 Å². The number of carbonyl (C=O) groups excluding carboxylic acids is 1. The Morgan fingerprint density at radius 3 is 2.69 bits per heavy atom. The summed E-state index contributed by atoms with van der Waals surface area (Å²) < 4.78 is 59.2. The summed E-state index contributed by atoms with van der Waals surface area (Å²) in [6.45, 7) is -0.794. The van der Waals surface area contributed by atoms with Gasteiger partial charge < -0.3 is 15.0 Å². The Balaban J connectivity index is 2.16. The van der Waals surface area contributed by atoms with Crippen LogP contribution in [0.5, 0.6) is 5.75 Å². The molecule has 1 aromatic heterocycles. The van der Waals surface area contributed by atoms with Gasteiger partial charge in [0.05, 0.1) is 17.5 Å². The van der Waals surface area contributed by atoms with E-state index < -0.39 is 43.6 Å². The first kappa shape index (κ1) is 25.0. The zero-order valence-electron chi connectivity index (χ0n) is 15.7.